The number of benzene rings is 2. The molecule has 0 radical (unpaired) electrons. The number of amides is 1. The van der Waals surface area contributed by atoms with E-state index in [2.05, 4.69) is 5.32 Å². The molecule has 0 aliphatic carbocycles. The van der Waals surface area contributed by atoms with Gasteiger partial charge in [0, 0.05) is 17.1 Å². The molecule has 0 aliphatic rings. The summed E-state index contributed by atoms with van der Waals surface area (Å²) in [5.74, 6) is 0.278. The summed E-state index contributed by atoms with van der Waals surface area (Å²) < 4.78 is 5.40. The number of ether oxygens (including phenoxy) is 1. The molecule has 2 N–H and O–H groups in total. The van der Waals surface area contributed by atoms with Gasteiger partial charge < -0.3 is 15.2 Å². The van der Waals surface area contributed by atoms with Gasteiger partial charge in [0.25, 0.3) is 5.91 Å². The van der Waals surface area contributed by atoms with Crippen LogP contribution in [0.3, 0.4) is 0 Å². The molecule has 0 spiro atoms. The number of aliphatic hydroxyl groups is 1. The van der Waals surface area contributed by atoms with Crippen molar-refractivity contribution >= 4 is 17.5 Å². The number of hydrogen-bond donors (Lipinski definition) is 2. The van der Waals surface area contributed by atoms with E-state index in [-0.39, 0.29) is 19.1 Å². The van der Waals surface area contributed by atoms with Crippen LogP contribution in [0, 0.1) is 0 Å². The summed E-state index contributed by atoms with van der Waals surface area (Å²) >= 11 is 5.87. The molecule has 0 atom stereocenters. The smallest absolute Gasteiger partial charge is 0.258 e. The van der Waals surface area contributed by atoms with Gasteiger partial charge in [0.1, 0.15) is 5.75 Å². The standard InChI is InChI=1S/C16H16ClNO3/c17-14-6-3-4-12(8-14)9-18-16(20)11-21-15-7-2-1-5-13(15)10-19/h1-8,19H,9-11H2,(H,18,20). The number of para-hydroxylation sites is 1. The minimum atomic E-state index is -0.234. The number of carbonyl (C=O) groups excluding carboxylic acids is 1. The Labute approximate surface area is 128 Å². The van der Waals surface area contributed by atoms with Crippen molar-refractivity contribution in [1.29, 1.82) is 0 Å². The maximum absolute atomic E-state index is 11.7. The Morgan fingerprint density at radius 2 is 2.00 bits per heavy atom. The van der Waals surface area contributed by atoms with Crippen LogP contribution in [0.1, 0.15) is 11.1 Å². The fourth-order valence-electron chi connectivity index (χ4n) is 1.82. The van der Waals surface area contributed by atoms with Crippen LogP contribution in [-0.4, -0.2) is 17.6 Å². The molecule has 0 saturated carbocycles. The predicted octanol–water partition coefficient (Wildman–Crippen LogP) is 2.53. The number of carbonyl (C=O) groups is 1. The quantitative estimate of drug-likeness (QED) is 0.862. The summed E-state index contributed by atoms with van der Waals surface area (Å²) in [5, 5.41) is 12.6. The Bertz CT molecular complexity index is 616. The van der Waals surface area contributed by atoms with Crippen LogP contribution in [0.5, 0.6) is 5.75 Å². The summed E-state index contributed by atoms with van der Waals surface area (Å²) in [7, 11) is 0. The average Bonchev–Trinajstić information content (AvgIpc) is 2.51. The topological polar surface area (TPSA) is 58.6 Å². The first-order valence-corrected chi connectivity index (χ1v) is 6.89. The van der Waals surface area contributed by atoms with Gasteiger partial charge in [0.05, 0.1) is 6.61 Å². The van der Waals surface area contributed by atoms with Gasteiger partial charge in [-0.3, -0.25) is 4.79 Å². The highest BCUT2D eigenvalue weighted by atomic mass is 35.5. The van der Waals surface area contributed by atoms with E-state index in [0.29, 0.717) is 22.9 Å². The summed E-state index contributed by atoms with van der Waals surface area (Å²) in [6.45, 7) is 0.169. The van der Waals surface area contributed by atoms with Crippen LogP contribution in [0.15, 0.2) is 48.5 Å². The van der Waals surface area contributed by atoms with Crippen molar-refractivity contribution in [2.75, 3.05) is 6.61 Å². The first-order chi connectivity index (χ1) is 10.2. The van der Waals surface area contributed by atoms with Crippen LogP contribution < -0.4 is 10.1 Å². The van der Waals surface area contributed by atoms with E-state index in [4.69, 9.17) is 21.4 Å². The van der Waals surface area contributed by atoms with Crippen molar-refractivity contribution in [3.8, 4) is 5.75 Å². The third-order valence-corrected chi connectivity index (χ3v) is 3.12. The largest absolute Gasteiger partial charge is 0.483 e. The Kier molecular flexibility index (Phi) is 5.60. The van der Waals surface area contributed by atoms with E-state index >= 15 is 0 Å². The zero-order valence-corrected chi connectivity index (χ0v) is 12.1. The lowest BCUT2D eigenvalue weighted by Gasteiger charge is -2.10. The van der Waals surface area contributed by atoms with Crippen LogP contribution >= 0.6 is 11.6 Å². The van der Waals surface area contributed by atoms with E-state index in [9.17, 15) is 4.79 Å². The number of nitrogens with one attached hydrogen (secondary N) is 1. The molecule has 0 fully saturated rings. The molecule has 2 rings (SSSR count). The second kappa shape index (κ2) is 7.67. The minimum absolute atomic E-state index is 0.0996. The second-order valence-corrected chi connectivity index (χ2v) is 4.90. The third kappa shape index (κ3) is 4.77. The highest BCUT2D eigenvalue weighted by molar-refractivity contribution is 6.30. The van der Waals surface area contributed by atoms with Gasteiger partial charge in [0.2, 0.25) is 0 Å². The number of hydrogen-bond acceptors (Lipinski definition) is 3. The van der Waals surface area contributed by atoms with Gasteiger partial charge >= 0.3 is 0 Å². The molecule has 110 valence electrons. The predicted molar refractivity (Wildman–Crippen MR) is 81.2 cm³/mol. The second-order valence-electron chi connectivity index (χ2n) is 4.46. The Morgan fingerprint density at radius 1 is 1.19 bits per heavy atom. The fourth-order valence-corrected chi connectivity index (χ4v) is 2.03. The van der Waals surface area contributed by atoms with Crippen molar-refractivity contribution in [2.24, 2.45) is 0 Å². The van der Waals surface area contributed by atoms with Gasteiger partial charge in [-0.1, -0.05) is 41.9 Å². The van der Waals surface area contributed by atoms with Crippen LogP contribution in [0.25, 0.3) is 0 Å². The van der Waals surface area contributed by atoms with Crippen LogP contribution in [0.2, 0.25) is 5.02 Å². The highest BCUT2D eigenvalue weighted by Crippen LogP contribution is 2.17. The van der Waals surface area contributed by atoms with Gasteiger partial charge in [-0.05, 0) is 23.8 Å². The lowest BCUT2D eigenvalue weighted by molar-refractivity contribution is -0.123. The molecular weight excluding hydrogens is 290 g/mol. The van der Waals surface area contributed by atoms with Crippen molar-refractivity contribution in [1.82, 2.24) is 5.32 Å². The van der Waals surface area contributed by atoms with Gasteiger partial charge in [0.15, 0.2) is 6.61 Å². The number of halogens is 1. The maximum Gasteiger partial charge on any atom is 0.258 e. The normalized spacial score (nSPS) is 10.2. The molecule has 0 aliphatic heterocycles. The van der Waals surface area contributed by atoms with E-state index < -0.39 is 0 Å². The third-order valence-electron chi connectivity index (χ3n) is 2.88. The Morgan fingerprint density at radius 3 is 2.76 bits per heavy atom. The van der Waals surface area contributed by atoms with Crippen LogP contribution in [0.4, 0.5) is 0 Å². The SMILES string of the molecule is O=C(COc1ccccc1CO)NCc1cccc(Cl)c1. The van der Waals surface area contributed by atoms with Gasteiger partial charge in [-0.2, -0.15) is 0 Å². The molecular formula is C16H16ClNO3. The molecule has 5 heteroatoms. The molecule has 0 unspecified atom stereocenters. The summed E-state index contributed by atoms with van der Waals surface area (Å²) in [6.07, 6.45) is 0. The molecule has 2 aromatic carbocycles. The maximum atomic E-state index is 11.7. The molecule has 2 aromatic rings. The zero-order valence-electron chi connectivity index (χ0n) is 11.4. The zero-order chi connectivity index (χ0) is 15.1. The first-order valence-electron chi connectivity index (χ1n) is 6.52. The van der Waals surface area contributed by atoms with E-state index in [1.54, 1.807) is 36.4 Å². The summed E-state index contributed by atoms with van der Waals surface area (Å²) in [5.41, 5.74) is 1.58. The first kappa shape index (κ1) is 15.4. The van der Waals surface area contributed by atoms with Gasteiger partial charge in [-0.15, -0.1) is 0 Å². The lowest BCUT2D eigenvalue weighted by Crippen LogP contribution is -2.28. The molecule has 4 nitrogen and oxygen atoms in total. The number of aliphatic hydroxyl groups excluding tert-OH is 1. The minimum Gasteiger partial charge on any atom is -0.483 e. The number of rotatable bonds is 6. The van der Waals surface area contributed by atoms with Crippen molar-refractivity contribution in [3.05, 3.63) is 64.7 Å². The lowest BCUT2D eigenvalue weighted by atomic mass is 10.2. The molecule has 1 amide bonds. The highest BCUT2D eigenvalue weighted by Gasteiger charge is 2.06. The van der Waals surface area contributed by atoms with Gasteiger partial charge in [-0.25, -0.2) is 0 Å². The monoisotopic (exact) mass is 305 g/mol. The molecule has 0 bridgehead atoms. The molecule has 0 saturated heterocycles. The summed E-state index contributed by atoms with van der Waals surface area (Å²) in [6, 6.07) is 14.3. The average molecular weight is 306 g/mol. The van der Waals surface area contributed by atoms with Crippen molar-refractivity contribution < 1.29 is 14.6 Å². The van der Waals surface area contributed by atoms with E-state index in [0.717, 1.165) is 5.56 Å². The van der Waals surface area contributed by atoms with Crippen LogP contribution in [-0.2, 0) is 17.9 Å². The molecule has 21 heavy (non-hydrogen) atoms. The Balaban J connectivity index is 1.82. The fraction of sp³-hybridized carbons (Fsp3) is 0.188. The van der Waals surface area contributed by atoms with Crippen molar-refractivity contribution in [3.63, 3.8) is 0 Å². The Hall–Kier alpha value is -2.04. The van der Waals surface area contributed by atoms with E-state index in [1.807, 2.05) is 12.1 Å². The van der Waals surface area contributed by atoms with E-state index in [1.165, 1.54) is 0 Å². The molecule has 0 heterocycles. The molecule has 0 aromatic heterocycles. The van der Waals surface area contributed by atoms with Crippen molar-refractivity contribution in [2.45, 2.75) is 13.2 Å². The summed E-state index contributed by atoms with van der Waals surface area (Å²) in [4.78, 5) is 11.7.